The van der Waals surface area contributed by atoms with Gasteiger partial charge in [-0.1, -0.05) is 6.92 Å². The van der Waals surface area contributed by atoms with E-state index < -0.39 is 0 Å². The zero-order valence-electron chi connectivity index (χ0n) is 9.32. The van der Waals surface area contributed by atoms with E-state index in [9.17, 15) is 4.79 Å². The van der Waals surface area contributed by atoms with E-state index in [1.165, 1.54) is 0 Å². The molecule has 14 heavy (non-hydrogen) atoms. The van der Waals surface area contributed by atoms with Crippen LogP contribution in [0, 0.1) is 0 Å². The molecule has 0 aromatic carbocycles. The Morgan fingerprint density at radius 3 is 2.64 bits per heavy atom. The summed E-state index contributed by atoms with van der Waals surface area (Å²) in [6.07, 6.45) is -0.171. The third-order valence-electron chi connectivity index (χ3n) is 2.70. The lowest BCUT2D eigenvalue weighted by molar-refractivity contribution is 0.0598. The fourth-order valence-electron chi connectivity index (χ4n) is 1.85. The van der Waals surface area contributed by atoms with Gasteiger partial charge in [-0.15, -0.1) is 0 Å². The Labute approximate surface area is 85.8 Å². The zero-order chi connectivity index (χ0) is 10.6. The number of piperazine rings is 1. The number of carbonyl (C=O) groups excluding carboxylic acids is 1. The first-order valence-corrected chi connectivity index (χ1v) is 5.34. The highest BCUT2D eigenvalue weighted by Crippen LogP contribution is 2.09. The van der Waals surface area contributed by atoms with Gasteiger partial charge in [-0.05, 0) is 20.4 Å². The van der Waals surface area contributed by atoms with E-state index in [4.69, 9.17) is 4.74 Å². The second kappa shape index (κ2) is 5.20. The van der Waals surface area contributed by atoms with Gasteiger partial charge in [-0.3, -0.25) is 4.90 Å². The van der Waals surface area contributed by atoms with Gasteiger partial charge in [0.1, 0.15) is 0 Å². The van der Waals surface area contributed by atoms with Crippen molar-refractivity contribution in [1.82, 2.24) is 9.80 Å². The molecule has 4 nitrogen and oxygen atoms in total. The molecule has 82 valence electrons. The van der Waals surface area contributed by atoms with E-state index in [0.29, 0.717) is 12.6 Å². The number of hydrogen-bond acceptors (Lipinski definition) is 3. The zero-order valence-corrected chi connectivity index (χ0v) is 9.32. The van der Waals surface area contributed by atoms with Crippen LogP contribution < -0.4 is 0 Å². The summed E-state index contributed by atoms with van der Waals surface area (Å²) in [7, 11) is 0. The highest BCUT2D eigenvalue weighted by atomic mass is 16.6. The highest BCUT2D eigenvalue weighted by Gasteiger charge is 2.25. The van der Waals surface area contributed by atoms with Gasteiger partial charge in [0, 0.05) is 25.7 Å². The Hall–Kier alpha value is -0.770. The normalized spacial score (nSPS) is 23.6. The van der Waals surface area contributed by atoms with Crippen LogP contribution in [-0.4, -0.2) is 54.7 Å². The van der Waals surface area contributed by atoms with E-state index in [-0.39, 0.29) is 6.09 Å². The Bertz CT molecular complexity index is 197. The number of nitrogens with zero attached hydrogens (tertiary/aromatic N) is 2. The lowest BCUT2D eigenvalue weighted by Crippen LogP contribution is -2.53. The fourth-order valence-corrected chi connectivity index (χ4v) is 1.85. The molecule has 0 aromatic rings. The molecule has 1 heterocycles. The molecule has 1 saturated heterocycles. The number of carbonyl (C=O) groups is 1. The van der Waals surface area contributed by atoms with Gasteiger partial charge in [-0.25, -0.2) is 4.79 Å². The maximum Gasteiger partial charge on any atom is 0.409 e. The summed E-state index contributed by atoms with van der Waals surface area (Å²) in [6.45, 7) is 10.2. The second-order valence-electron chi connectivity index (χ2n) is 3.62. The Morgan fingerprint density at radius 2 is 2.14 bits per heavy atom. The first-order chi connectivity index (χ1) is 6.69. The molecule has 0 aromatic heterocycles. The molecule has 0 spiro atoms. The third kappa shape index (κ3) is 2.61. The van der Waals surface area contributed by atoms with Crippen molar-refractivity contribution >= 4 is 6.09 Å². The Kier molecular flexibility index (Phi) is 4.20. The predicted octanol–water partition coefficient (Wildman–Crippen LogP) is 1.17. The van der Waals surface area contributed by atoms with Gasteiger partial charge in [0.25, 0.3) is 0 Å². The van der Waals surface area contributed by atoms with Crippen LogP contribution in [0.5, 0.6) is 0 Å². The molecule has 0 aliphatic carbocycles. The van der Waals surface area contributed by atoms with Crippen LogP contribution in [0.15, 0.2) is 0 Å². The maximum absolute atomic E-state index is 11.4. The smallest absolute Gasteiger partial charge is 0.409 e. The van der Waals surface area contributed by atoms with Crippen molar-refractivity contribution < 1.29 is 9.53 Å². The van der Waals surface area contributed by atoms with Crippen molar-refractivity contribution in [3.63, 3.8) is 0 Å². The molecule has 0 N–H and O–H groups in total. The first-order valence-electron chi connectivity index (χ1n) is 5.34. The Morgan fingerprint density at radius 1 is 1.43 bits per heavy atom. The van der Waals surface area contributed by atoms with Crippen LogP contribution >= 0.6 is 0 Å². The molecule has 4 heteroatoms. The first kappa shape index (κ1) is 11.3. The summed E-state index contributed by atoms with van der Waals surface area (Å²) in [5.74, 6) is 0. The van der Waals surface area contributed by atoms with Gasteiger partial charge < -0.3 is 9.64 Å². The Balaban J connectivity index is 2.41. The molecule has 0 saturated carbocycles. The quantitative estimate of drug-likeness (QED) is 0.670. The minimum absolute atomic E-state index is 0.171. The number of ether oxygens (including phenoxy) is 1. The van der Waals surface area contributed by atoms with Crippen molar-refractivity contribution in [1.29, 1.82) is 0 Å². The largest absolute Gasteiger partial charge is 0.450 e. The van der Waals surface area contributed by atoms with Crippen molar-refractivity contribution in [3.05, 3.63) is 0 Å². The summed E-state index contributed by atoms with van der Waals surface area (Å²) in [6, 6.07) is 0.443. The van der Waals surface area contributed by atoms with Crippen LogP contribution in [-0.2, 0) is 4.74 Å². The van der Waals surface area contributed by atoms with E-state index in [1.54, 1.807) is 4.90 Å². The number of likely N-dealkylation sites (N-methyl/N-ethyl adjacent to an activating group) is 1. The van der Waals surface area contributed by atoms with E-state index in [1.807, 2.05) is 6.92 Å². The van der Waals surface area contributed by atoms with Gasteiger partial charge in [0.05, 0.1) is 6.61 Å². The van der Waals surface area contributed by atoms with Crippen LogP contribution in [0.4, 0.5) is 4.79 Å². The second-order valence-corrected chi connectivity index (χ2v) is 3.62. The minimum atomic E-state index is -0.171. The van der Waals surface area contributed by atoms with Crippen molar-refractivity contribution in [2.45, 2.75) is 26.8 Å². The average Bonchev–Trinajstić information content (AvgIpc) is 2.18. The fraction of sp³-hybridized carbons (Fsp3) is 0.900. The van der Waals surface area contributed by atoms with Gasteiger partial charge in [-0.2, -0.15) is 0 Å². The molecule has 1 fully saturated rings. The summed E-state index contributed by atoms with van der Waals surface area (Å²) < 4.78 is 4.97. The van der Waals surface area contributed by atoms with Gasteiger partial charge >= 0.3 is 6.09 Å². The summed E-state index contributed by atoms with van der Waals surface area (Å²) >= 11 is 0. The average molecular weight is 200 g/mol. The van der Waals surface area contributed by atoms with Crippen molar-refractivity contribution in [2.24, 2.45) is 0 Å². The monoisotopic (exact) mass is 200 g/mol. The predicted molar refractivity (Wildman–Crippen MR) is 55.3 cm³/mol. The molecule has 1 amide bonds. The molecule has 0 bridgehead atoms. The topological polar surface area (TPSA) is 32.8 Å². The molecule has 1 rings (SSSR count). The molecule has 1 aliphatic rings. The van der Waals surface area contributed by atoms with Crippen molar-refractivity contribution in [3.8, 4) is 0 Å². The summed E-state index contributed by atoms with van der Waals surface area (Å²) in [5.41, 5.74) is 0. The van der Waals surface area contributed by atoms with E-state index in [0.717, 1.165) is 26.2 Å². The van der Waals surface area contributed by atoms with Crippen LogP contribution in [0.25, 0.3) is 0 Å². The van der Waals surface area contributed by atoms with Crippen LogP contribution in [0.1, 0.15) is 20.8 Å². The lowest BCUT2D eigenvalue weighted by Gasteiger charge is -2.38. The standard InChI is InChI=1S/C10H20N2O2/c1-4-11-6-7-12(8-9(11)3)10(13)14-5-2/h9H,4-8H2,1-3H3. The minimum Gasteiger partial charge on any atom is -0.450 e. The molecular formula is C10H20N2O2. The molecular weight excluding hydrogens is 180 g/mol. The molecule has 1 atom stereocenters. The lowest BCUT2D eigenvalue weighted by atomic mass is 10.2. The van der Waals surface area contributed by atoms with E-state index >= 15 is 0 Å². The number of amides is 1. The SMILES string of the molecule is CCOC(=O)N1CCN(CC)C(C)C1. The van der Waals surface area contributed by atoms with E-state index in [2.05, 4.69) is 18.7 Å². The number of hydrogen-bond donors (Lipinski definition) is 0. The summed E-state index contributed by atoms with van der Waals surface area (Å²) in [5, 5.41) is 0. The molecule has 1 aliphatic heterocycles. The number of rotatable bonds is 2. The van der Waals surface area contributed by atoms with Crippen molar-refractivity contribution in [2.75, 3.05) is 32.8 Å². The van der Waals surface area contributed by atoms with Gasteiger partial charge in [0.2, 0.25) is 0 Å². The van der Waals surface area contributed by atoms with Crippen LogP contribution in [0.2, 0.25) is 0 Å². The highest BCUT2D eigenvalue weighted by molar-refractivity contribution is 5.67. The van der Waals surface area contributed by atoms with Crippen LogP contribution in [0.3, 0.4) is 0 Å². The summed E-state index contributed by atoms with van der Waals surface area (Å²) in [4.78, 5) is 15.6. The molecule has 1 unspecified atom stereocenters. The van der Waals surface area contributed by atoms with Gasteiger partial charge in [0.15, 0.2) is 0 Å². The molecule has 0 radical (unpaired) electrons. The maximum atomic E-state index is 11.4. The third-order valence-corrected chi connectivity index (χ3v) is 2.70.